The van der Waals surface area contributed by atoms with Gasteiger partial charge in [-0.2, -0.15) is 0 Å². The highest BCUT2D eigenvalue weighted by Crippen LogP contribution is 2.17. The molecular formula is C13H17NO3. The maximum absolute atomic E-state index is 11.9. The molecule has 0 aliphatic rings. The minimum absolute atomic E-state index is 0.0288. The number of Topliss-reactive ketones (excluding diaryl/α,β-unsaturated/α-hetero) is 1. The van der Waals surface area contributed by atoms with Gasteiger partial charge in [-0.3, -0.25) is 4.79 Å². The van der Waals surface area contributed by atoms with Gasteiger partial charge in [0.15, 0.2) is 5.78 Å². The van der Waals surface area contributed by atoms with Crippen LogP contribution in [0.5, 0.6) is 0 Å². The van der Waals surface area contributed by atoms with Gasteiger partial charge in [0.05, 0.1) is 19.2 Å². The van der Waals surface area contributed by atoms with Gasteiger partial charge in [-0.1, -0.05) is 0 Å². The van der Waals surface area contributed by atoms with Gasteiger partial charge in [0.1, 0.15) is 0 Å². The van der Waals surface area contributed by atoms with Crippen molar-refractivity contribution < 1.29 is 14.3 Å². The number of hydrogen-bond acceptors (Lipinski definition) is 4. The highest BCUT2D eigenvalue weighted by atomic mass is 16.5. The molecule has 0 heterocycles. The van der Waals surface area contributed by atoms with Gasteiger partial charge in [-0.15, -0.1) is 0 Å². The minimum atomic E-state index is -0.424. The van der Waals surface area contributed by atoms with Crippen molar-refractivity contribution in [3.8, 4) is 0 Å². The fourth-order valence-electron chi connectivity index (χ4n) is 1.64. The van der Waals surface area contributed by atoms with E-state index < -0.39 is 5.97 Å². The van der Waals surface area contributed by atoms with Crippen LogP contribution in [-0.4, -0.2) is 32.5 Å². The molecule has 4 nitrogen and oxygen atoms in total. The van der Waals surface area contributed by atoms with Gasteiger partial charge in [-0.25, -0.2) is 4.79 Å². The first-order chi connectivity index (χ1) is 8.01. The van der Waals surface area contributed by atoms with Crippen LogP contribution in [0.25, 0.3) is 0 Å². The van der Waals surface area contributed by atoms with E-state index in [9.17, 15) is 9.59 Å². The Balaban J connectivity index is 3.24. The Bertz CT molecular complexity index is 452. The molecule has 0 fully saturated rings. The van der Waals surface area contributed by atoms with Crippen LogP contribution in [0.2, 0.25) is 0 Å². The van der Waals surface area contributed by atoms with Crippen molar-refractivity contribution in [2.45, 2.75) is 13.8 Å². The molecule has 0 spiro atoms. The van der Waals surface area contributed by atoms with Crippen LogP contribution in [0.4, 0.5) is 0 Å². The monoisotopic (exact) mass is 235 g/mol. The standard InChI is InChI=1S/C13H17NO3/c1-8-5-10(13(16)17-4)6-11(9(8)2)12(15)7-14-3/h5-6,14H,7H2,1-4H3. The number of likely N-dealkylation sites (N-methyl/N-ethyl adjacent to an activating group) is 1. The number of nitrogens with one attached hydrogen (secondary N) is 1. The Kier molecular flexibility index (Phi) is 4.40. The van der Waals surface area contributed by atoms with E-state index in [-0.39, 0.29) is 12.3 Å². The first kappa shape index (κ1) is 13.4. The average Bonchev–Trinajstić information content (AvgIpc) is 2.31. The predicted octanol–water partition coefficient (Wildman–Crippen LogP) is 1.49. The van der Waals surface area contributed by atoms with Gasteiger partial charge >= 0.3 is 5.97 Å². The summed E-state index contributed by atoms with van der Waals surface area (Å²) in [4.78, 5) is 23.3. The summed E-state index contributed by atoms with van der Waals surface area (Å²) >= 11 is 0. The first-order valence-electron chi connectivity index (χ1n) is 5.38. The molecule has 0 aromatic heterocycles. The Morgan fingerprint density at radius 2 is 1.94 bits per heavy atom. The number of carbonyl (C=O) groups excluding carboxylic acids is 2. The molecule has 0 aliphatic carbocycles. The van der Waals surface area contributed by atoms with E-state index in [0.29, 0.717) is 11.1 Å². The quantitative estimate of drug-likeness (QED) is 0.634. The molecule has 17 heavy (non-hydrogen) atoms. The third-order valence-corrected chi connectivity index (χ3v) is 2.73. The molecule has 0 aliphatic heterocycles. The molecule has 4 heteroatoms. The normalized spacial score (nSPS) is 10.1. The fourth-order valence-corrected chi connectivity index (χ4v) is 1.64. The molecule has 1 N–H and O–H groups in total. The predicted molar refractivity (Wildman–Crippen MR) is 65.5 cm³/mol. The summed E-state index contributed by atoms with van der Waals surface area (Å²) in [6.45, 7) is 4.00. The number of esters is 1. The fraction of sp³-hybridized carbons (Fsp3) is 0.385. The van der Waals surface area contributed by atoms with Crippen molar-refractivity contribution in [3.63, 3.8) is 0 Å². The second-order valence-corrected chi connectivity index (χ2v) is 3.91. The van der Waals surface area contributed by atoms with Gasteiger partial charge < -0.3 is 10.1 Å². The molecule has 1 aromatic rings. The van der Waals surface area contributed by atoms with Crippen LogP contribution in [0, 0.1) is 13.8 Å². The Labute approximate surface area is 101 Å². The number of benzene rings is 1. The summed E-state index contributed by atoms with van der Waals surface area (Å²) in [5, 5.41) is 2.81. The third-order valence-electron chi connectivity index (χ3n) is 2.73. The Hall–Kier alpha value is -1.68. The SMILES string of the molecule is CNCC(=O)c1cc(C(=O)OC)cc(C)c1C. The van der Waals surface area contributed by atoms with Crippen molar-refractivity contribution in [2.24, 2.45) is 0 Å². The topological polar surface area (TPSA) is 55.4 Å². The largest absolute Gasteiger partial charge is 0.465 e. The highest BCUT2D eigenvalue weighted by molar-refractivity contribution is 6.01. The molecule has 1 aromatic carbocycles. The van der Waals surface area contributed by atoms with Gasteiger partial charge in [0.2, 0.25) is 0 Å². The molecule has 0 radical (unpaired) electrons. The molecule has 0 unspecified atom stereocenters. The number of aryl methyl sites for hydroxylation is 1. The van der Waals surface area contributed by atoms with Crippen molar-refractivity contribution in [1.82, 2.24) is 5.32 Å². The van der Waals surface area contributed by atoms with Crippen LogP contribution in [0.1, 0.15) is 31.8 Å². The number of methoxy groups -OCH3 is 1. The lowest BCUT2D eigenvalue weighted by molar-refractivity contribution is 0.0600. The van der Waals surface area contributed by atoms with Crippen LogP contribution in [0.15, 0.2) is 12.1 Å². The zero-order valence-electron chi connectivity index (χ0n) is 10.6. The smallest absolute Gasteiger partial charge is 0.337 e. The zero-order valence-corrected chi connectivity index (χ0v) is 10.6. The van der Waals surface area contributed by atoms with E-state index in [1.807, 2.05) is 13.8 Å². The van der Waals surface area contributed by atoms with E-state index in [2.05, 4.69) is 10.1 Å². The van der Waals surface area contributed by atoms with Crippen LogP contribution >= 0.6 is 0 Å². The highest BCUT2D eigenvalue weighted by Gasteiger charge is 2.15. The van der Waals surface area contributed by atoms with E-state index in [4.69, 9.17) is 0 Å². The van der Waals surface area contributed by atoms with E-state index in [1.54, 1.807) is 19.2 Å². The second-order valence-electron chi connectivity index (χ2n) is 3.91. The second kappa shape index (κ2) is 5.59. The summed E-state index contributed by atoms with van der Waals surface area (Å²) in [5.41, 5.74) is 2.79. The molecule has 0 saturated carbocycles. The van der Waals surface area contributed by atoms with Crippen LogP contribution < -0.4 is 5.32 Å². The summed E-state index contributed by atoms with van der Waals surface area (Å²) < 4.78 is 4.66. The van der Waals surface area contributed by atoms with Gasteiger partial charge in [-0.05, 0) is 44.2 Å². The molecule has 0 amide bonds. The third kappa shape index (κ3) is 2.91. The maximum atomic E-state index is 11.9. The average molecular weight is 235 g/mol. The van der Waals surface area contributed by atoms with Crippen LogP contribution in [-0.2, 0) is 4.74 Å². The zero-order chi connectivity index (χ0) is 13.0. The number of ketones is 1. The Morgan fingerprint density at radius 1 is 1.29 bits per heavy atom. The van der Waals surface area contributed by atoms with Gasteiger partial charge in [0, 0.05) is 5.56 Å². The summed E-state index contributed by atoms with van der Waals surface area (Å²) in [5.74, 6) is -0.453. The molecule has 0 saturated heterocycles. The summed E-state index contributed by atoms with van der Waals surface area (Å²) in [6.07, 6.45) is 0. The number of ether oxygens (including phenoxy) is 1. The van der Waals surface area contributed by atoms with Crippen molar-refractivity contribution in [2.75, 3.05) is 20.7 Å². The van der Waals surface area contributed by atoms with E-state index >= 15 is 0 Å². The lowest BCUT2D eigenvalue weighted by atomic mass is 9.96. The molecular weight excluding hydrogens is 218 g/mol. The molecule has 1 rings (SSSR count). The van der Waals surface area contributed by atoms with E-state index in [1.165, 1.54) is 7.11 Å². The van der Waals surface area contributed by atoms with Gasteiger partial charge in [0.25, 0.3) is 0 Å². The number of rotatable bonds is 4. The Morgan fingerprint density at radius 3 is 2.47 bits per heavy atom. The lowest BCUT2D eigenvalue weighted by Crippen LogP contribution is -2.20. The number of carbonyl (C=O) groups is 2. The van der Waals surface area contributed by atoms with Crippen molar-refractivity contribution in [3.05, 3.63) is 34.4 Å². The minimum Gasteiger partial charge on any atom is -0.465 e. The lowest BCUT2D eigenvalue weighted by Gasteiger charge is -2.10. The first-order valence-corrected chi connectivity index (χ1v) is 5.38. The number of hydrogen-bond donors (Lipinski definition) is 1. The summed E-state index contributed by atoms with van der Waals surface area (Å²) in [7, 11) is 3.04. The molecule has 92 valence electrons. The molecule has 0 atom stereocenters. The molecule has 0 bridgehead atoms. The van der Waals surface area contributed by atoms with Crippen LogP contribution in [0.3, 0.4) is 0 Å². The summed E-state index contributed by atoms with van der Waals surface area (Å²) in [6, 6.07) is 3.32. The van der Waals surface area contributed by atoms with E-state index in [0.717, 1.165) is 11.1 Å². The van der Waals surface area contributed by atoms with Crippen molar-refractivity contribution in [1.29, 1.82) is 0 Å². The maximum Gasteiger partial charge on any atom is 0.337 e. The van der Waals surface area contributed by atoms with Crippen molar-refractivity contribution >= 4 is 11.8 Å².